The van der Waals surface area contributed by atoms with Crippen LogP contribution in [0.4, 0.5) is 0 Å². The van der Waals surface area contributed by atoms with Gasteiger partial charge in [-0.3, -0.25) is 4.18 Å². The van der Waals surface area contributed by atoms with Gasteiger partial charge in [0.25, 0.3) is 10.1 Å². The first-order valence-corrected chi connectivity index (χ1v) is 6.89. The minimum Gasteiger partial charge on any atom is -0.491 e. The van der Waals surface area contributed by atoms with Gasteiger partial charge >= 0.3 is 5.97 Å². The highest BCUT2D eigenvalue weighted by atomic mass is 32.2. The number of benzene rings is 1. The minimum absolute atomic E-state index is 0.0579. The van der Waals surface area contributed by atoms with Crippen molar-refractivity contribution in [3.63, 3.8) is 0 Å². The van der Waals surface area contributed by atoms with Gasteiger partial charge in [-0.2, -0.15) is 8.42 Å². The second-order valence-corrected chi connectivity index (χ2v) is 5.03. The van der Waals surface area contributed by atoms with E-state index in [2.05, 4.69) is 8.92 Å². The van der Waals surface area contributed by atoms with Crippen LogP contribution in [0.25, 0.3) is 0 Å². The Kier molecular flexibility index (Phi) is 5.11. The number of carbonyl (C=O) groups is 1. The Bertz CT molecular complexity index is 491. The number of rotatable bonds is 6. The molecule has 1 aromatic rings. The Morgan fingerprint density at radius 3 is 2.28 bits per heavy atom. The fourth-order valence-electron chi connectivity index (χ4n) is 1.15. The molecule has 0 aliphatic carbocycles. The van der Waals surface area contributed by atoms with E-state index in [0.29, 0.717) is 11.3 Å². The molecular formula is C11H14O6S. The lowest BCUT2D eigenvalue weighted by Crippen LogP contribution is -2.11. The summed E-state index contributed by atoms with van der Waals surface area (Å²) < 4.78 is 35.6. The molecule has 0 saturated heterocycles. The van der Waals surface area contributed by atoms with Crippen molar-refractivity contribution in [2.45, 2.75) is 0 Å². The van der Waals surface area contributed by atoms with Crippen molar-refractivity contribution in [1.82, 2.24) is 0 Å². The van der Waals surface area contributed by atoms with Crippen molar-refractivity contribution in [3.8, 4) is 5.75 Å². The summed E-state index contributed by atoms with van der Waals surface area (Å²) in [5.74, 6) is 0.0849. The number of methoxy groups -OCH3 is 1. The molecule has 7 heteroatoms. The maximum atomic E-state index is 11.1. The van der Waals surface area contributed by atoms with Gasteiger partial charge in [-0.15, -0.1) is 0 Å². The zero-order valence-electron chi connectivity index (χ0n) is 10.1. The average molecular weight is 274 g/mol. The molecule has 0 fully saturated rings. The quantitative estimate of drug-likeness (QED) is 0.434. The van der Waals surface area contributed by atoms with Gasteiger partial charge < -0.3 is 9.47 Å². The zero-order valence-corrected chi connectivity index (χ0v) is 10.9. The number of esters is 1. The number of ether oxygens (including phenoxy) is 2. The molecule has 0 spiro atoms. The monoisotopic (exact) mass is 274 g/mol. The third-order valence-corrected chi connectivity index (χ3v) is 2.52. The molecule has 0 aliphatic rings. The third-order valence-electron chi connectivity index (χ3n) is 1.92. The second-order valence-electron chi connectivity index (χ2n) is 3.39. The van der Waals surface area contributed by atoms with Crippen molar-refractivity contribution in [3.05, 3.63) is 29.8 Å². The SMILES string of the molecule is COC(=O)c1ccc(OCCOS(C)(=O)=O)cc1. The molecule has 0 saturated carbocycles. The Balaban J connectivity index is 2.42. The van der Waals surface area contributed by atoms with Crippen molar-refractivity contribution >= 4 is 16.1 Å². The van der Waals surface area contributed by atoms with Crippen molar-refractivity contribution < 1.29 is 26.9 Å². The molecular weight excluding hydrogens is 260 g/mol. The second kappa shape index (κ2) is 6.36. The van der Waals surface area contributed by atoms with E-state index in [9.17, 15) is 13.2 Å². The fourth-order valence-corrected chi connectivity index (χ4v) is 1.52. The van der Waals surface area contributed by atoms with Crippen LogP contribution < -0.4 is 4.74 Å². The first-order valence-electron chi connectivity index (χ1n) is 5.08. The van der Waals surface area contributed by atoms with Gasteiger partial charge in [-0.05, 0) is 24.3 Å². The minimum atomic E-state index is -3.44. The van der Waals surface area contributed by atoms with Gasteiger partial charge in [-0.1, -0.05) is 0 Å². The molecule has 100 valence electrons. The molecule has 0 amide bonds. The van der Waals surface area contributed by atoms with E-state index in [0.717, 1.165) is 6.26 Å². The fraction of sp³-hybridized carbons (Fsp3) is 0.364. The van der Waals surface area contributed by atoms with Gasteiger partial charge in [0.15, 0.2) is 0 Å². The van der Waals surface area contributed by atoms with E-state index in [1.807, 2.05) is 0 Å². The van der Waals surface area contributed by atoms with Crippen LogP contribution in [-0.2, 0) is 19.0 Å². The summed E-state index contributed by atoms with van der Waals surface area (Å²) in [5, 5.41) is 0. The third kappa shape index (κ3) is 5.15. The molecule has 1 rings (SSSR count). The number of carbonyl (C=O) groups excluding carboxylic acids is 1. The summed E-state index contributed by atoms with van der Waals surface area (Å²) in [6.45, 7) is 0.0439. The van der Waals surface area contributed by atoms with Crippen LogP contribution in [0.15, 0.2) is 24.3 Å². The smallest absolute Gasteiger partial charge is 0.337 e. The van der Waals surface area contributed by atoms with Crippen LogP contribution >= 0.6 is 0 Å². The molecule has 0 aromatic heterocycles. The van der Waals surface area contributed by atoms with Crippen molar-refractivity contribution in [2.75, 3.05) is 26.6 Å². The lowest BCUT2D eigenvalue weighted by Gasteiger charge is -2.06. The van der Waals surface area contributed by atoms with Crippen LogP contribution in [0.5, 0.6) is 5.75 Å². The highest BCUT2D eigenvalue weighted by Crippen LogP contribution is 2.12. The summed E-state index contributed by atoms with van der Waals surface area (Å²) in [7, 11) is -2.14. The number of hydrogen-bond acceptors (Lipinski definition) is 6. The first kappa shape index (κ1) is 14.5. The van der Waals surface area contributed by atoms with E-state index in [-0.39, 0.29) is 13.2 Å². The summed E-state index contributed by atoms with van der Waals surface area (Å²) in [6, 6.07) is 6.29. The maximum Gasteiger partial charge on any atom is 0.337 e. The largest absolute Gasteiger partial charge is 0.491 e. The molecule has 6 nitrogen and oxygen atoms in total. The van der Waals surface area contributed by atoms with Gasteiger partial charge in [0.05, 0.1) is 18.9 Å². The average Bonchev–Trinajstić information content (AvgIpc) is 2.33. The van der Waals surface area contributed by atoms with E-state index in [1.165, 1.54) is 7.11 Å². The molecule has 0 radical (unpaired) electrons. The standard InChI is InChI=1S/C11H14O6S/c1-15-11(12)9-3-5-10(6-4-9)16-7-8-17-18(2,13)14/h3-6H,7-8H2,1-2H3. The lowest BCUT2D eigenvalue weighted by molar-refractivity contribution is 0.0600. The van der Waals surface area contributed by atoms with E-state index in [1.54, 1.807) is 24.3 Å². The highest BCUT2D eigenvalue weighted by molar-refractivity contribution is 7.85. The first-order chi connectivity index (χ1) is 8.42. The van der Waals surface area contributed by atoms with E-state index < -0.39 is 16.1 Å². The van der Waals surface area contributed by atoms with Gasteiger partial charge in [0, 0.05) is 0 Å². The molecule has 18 heavy (non-hydrogen) atoms. The van der Waals surface area contributed by atoms with Crippen molar-refractivity contribution in [1.29, 1.82) is 0 Å². The molecule has 1 aromatic carbocycles. The van der Waals surface area contributed by atoms with Crippen LogP contribution in [0.1, 0.15) is 10.4 Å². The summed E-state index contributed by atoms with van der Waals surface area (Å²) in [6.07, 6.45) is 0.970. The highest BCUT2D eigenvalue weighted by Gasteiger charge is 2.05. The van der Waals surface area contributed by atoms with Crippen LogP contribution in [0.2, 0.25) is 0 Å². The molecule has 0 heterocycles. The van der Waals surface area contributed by atoms with E-state index in [4.69, 9.17) is 4.74 Å². The predicted molar refractivity (Wildman–Crippen MR) is 64.1 cm³/mol. The normalized spacial score (nSPS) is 11.0. The van der Waals surface area contributed by atoms with Gasteiger partial charge in [-0.25, -0.2) is 4.79 Å². The summed E-state index contributed by atoms with van der Waals surface area (Å²) in [4.78, 5) is 11.1. The zero-order chi connectivity index (χ0) is 13.6. The molecule has 0 atom stereocenters. The maximum absolute atomic E-state index is 11.1. The molecule has 0 bridgehead atoms. The summed E-state index contributed by atoms with van der Waals surface area (Å²) in [5.41, 5.74) is 0.414. The van der Waals surface area contributed by atoms with E-state index >= 15 is 0 Å². The lowest BCUT2D eigenvalue weighted by atomic mass is 10.2. The Morgan fingerprint density at radius 2 is 1.78 bits per heavy atom. The van der Waals surface area contributed by atoms with Gasteiger partial charge in [0.1, 0.15) is 19.0 Å². The summed E-state index contributed by atoms with van der Waals surface area (Å²) >= 11 is 0. The number of hydrogen-bond donors (Lipinski definition) is 0. The molecule has 0 N–H and O–H groups in total. The van der Waals surface area contributed by atoms with Gasteiger partial charge in [0.2, 0.25) is 0 Å². The van der Waals surface area contributed by atoms with Crippen LogP contribution in [-0.4, -0.2) is 41.0 Å². The van der Waals surface area contributed by atoms with Crippen LogP contribution in [0, 0.1) is 0 Å². The van der Waals surface area contributed by atoms with Crippen LogP contribution in [0.3, 0.4) is 0 Å². The van der Waals surface area contributed by atoms with Crippen molar-refractivity contribution in [2.24, 2.45) is 0 Å². The predicted octanol–water partition coefficient (Wildman–Crippen LogP) is 0.828. The molecule has 0 unspecified atom stereocenters. The topological polar surface area (TPSA) is 78.9 Å². The Morgan fingerprint density at radius 1 is 1.17 bits per heavy atom. The Hall–Kier alpha value is -1.60. The Labute approximate surface area is 106 Å². The molecule has 0 aliphatic heterocycles.